The zero-order valence-corrected chi connectivity index (χ0v) is 8.26. The Hall–Kier alpha value is -1.59. The lowest BCUT2D eigenvalue weighted by molar-refractivity contribution is -0.103. The minimum absolute atomic E-state index is 0.0539. The van der Waals surface area contributed by atoms with Crippen molar-refractivity contribution >= 4 is 23.7 Å². The van der Waals surface area contributed by atoms with E-state index in [4.69, 9.17) is 11.6 Å². The molecule has 14 heavy (non-hydrogen) atoms. The standard InChI is InChI=1S/C11H7ClO2/c1-8(14)10-5-4-9(3-2-6-13)11(12)7-10/h4-7H,1H3. The first-order valence-corrected chi connectivity index (χ1v) is 4.28. The number of benzene rings is 1. The van der Waals surface area contributed by atoms with E-state index in [1.165, 1.54) is 6.92 Å². The van der Waals surface area contributed by atoms with E-state index in [1.54, 1.807) is 18.2 Å². The zero-order valence-electron chi connectivity index (χ0n) is 7.50. The first-order chi connectivity index (χ1) is 6.65. The fraction of sp³-hybridized carbons (Fsp3) is 0.0909. The third-order valence-electron chi connectivity index (χ3n) is 1.64. The summed E-state index contributed by atoms with van der Waals surface area (Å²) in [5.41, 5.74) is 1.08. The molecule has 0 aliphatic rings. The molecule has 1 rings (SSSR count). The van der Waals surface area contributed by atoms with Crippen LogP contribution in [0.25, 0.3) is 0 Å². The number of Topliss-reactive ketones (excluding diaryl/α,β-unsaturated/α-hetero) is 1. The molecule has 70 valence electrons. The second kappa shape index (κ2) is 4.59. The molecular weight excluding hydrogens is 200 g/mol. The van der Waals surface area contributed by atoms with Crippen molar-refractivity contribution < 1.29 is 9.59 Å². The van der Waals surface area contributed by atoms with E-state index in [1.807, 2.05) is 0 Å². The quantitative estimate of drug-likeness (QED) is 0.401. The zero-order chi connectivity index (χ0) is 10.6. The Morgan fingerprint density at radius 1 is 1.50 bits per heavy atom. The summed E-state index contributed by atoms with van der Waals surface area (Å²) in [6, 6.07) is 4.79. The Kier molecular flexibility index (Phi) is 3.44. The SMILES string of the molecule is CC(=O)c1ccc(C#CC=O)c(Cl)c1. The van der Waals surface area contributed by atoms with Gasteiger partial charge in [0.1, 0.15) is 0 Å². The van der Waals surface area contributed by atoms with Crippen LogP contribution in [0, 0.1) is 11.8 Å². The number of hydrogen-bond donors (Lipinski definition) is 0. The van der Waals surface area contributed by atoms with Crippen molar-refractivity contribution in [2.45, 2.75) is 6.92 Å². The van der Waals surface area contributed by atoms with Crippen LogP contribution < -0.4 is 0 Å². The van der Waals surface area contributed by atoms with E-state index < -0.39 is 0 Å². The summed E-state index contributed by atoms with van der Waals surface area (Å²) < 4.78 is 0. The molecule has 0 N–H and O–H groups in total. The maximum absolute atomic E-state index is 11.0. The topological polar surface area (TPSA) is 34.1 Å². The molecular formula is C11H7ClO2. The monoisotopic (exact) mass is 206 g/mol. The van der Waals surface area contributed by atoms with E-state index in [9.17, 15) is 9.59 Å². The van der Waals surface area contributed by atoms with Gasteiger partial charge in [-0.25, -0.2) is 0 Å². The van der Waals surface area contributed by atoms with Crippen molar-refractivity contribution in [3.63, 3.8) is 0 Å². The second-order valence-electron chi connectivity index (χ2n) is 2.64. The molecule has 0 saturated carbocycles. The molecule has 0 aromatic heterocycles. The number of hydrogen-bond acceptors (Lipinski definition) is 2. The maximum atomic E-state index is 11.0. The lowest BCUT2D eigenvalue weighted by Crippen LogP contribution is -1.92. The van der Waals surface area contributed by atoms with Gasteiger partial charge in [-0.3, -0.25) is 9.59 Å². The Labute approximate surface area is 86.9 Å². The van der Waals surface area contributed by atoms with Crippen LogP contribution in [0.4, 0.5) is 0 Å². The summed E-state index contributed by atoms with van der Waals surface area (Å²) >= 11 is 5.84. The van der Waals surface area contributed by atoms with Gasteiger partial charge in [0.15, 0.2) is 12.1 Å². The molecule has 0 spiro atoms. The third kappa shape index (κ3) is 2.45. The van der Waals surface area contributed by atoms with Crippen molar-refractivity contribution in [1.29, 1.82) is 0 Å². The molecule has 1 aromatic carbocycles. The molecule has 0 saturated heterocycles. The van der Waals surface area contributed by atoms with Gasteiger partial charge in [-0.2, -0.15) is 0 Å². The summed E-state index contributed by atoms with van der Waals surface area (Å²) in [5.74, 6) is 4.77. The van der Waals surface area contributed by atoms with Gasteiger partial charge in [0.05, 0.1) is 5.02 Å². The minimum atomic E-state index is -0.0539. The summed E-state index contributed by atoms with van der Waals surface area (Å²) in [6.07, 6.45) is 0.495. The van der Waals surface area contributed by atoms with Crippen LogP contribution in [0.1, 0.15) is 22.8 Å². The van der Waals surface area contributed by atoms with E-state index in [0.29, 0.717) is 22.4 Å². The highest BCUT2D eigenvalue weighted by molar-refractivity contribution is 6.32. The molecule has 0 aliphatic heterocycles. The number of carbonyl (C=O) groups is 2. The molecule has 3 heteroatoms. The summed E-state index contributed by atoms with van der Waals surface area (Å²) in [4.78, 5) is 21.0. The average molecular weight is 207 g/mol. The summed E-state index contributed by atoms with van der Waals surface area (Å²) in [7, 11) is 0. The predicted octanol–water partition coefficient (Wildman–Crippen LogP) is 2.09. The van der Waals surface area contributed by atoms with Crippen molar-refractivity contribution in [3.8, 4) is 11.8 Å². The lowest BCUT2D eigenvalue weighted by atomic mass is 10.1. The number of aldehydes is 1. The largest absolute Gasteiger partial charge is 0.295 e. The smallest absolute Gasteiger partial charge is 0.193 e. The molecule has 1 aromatic rings. The molecule has 0 unspecified atom stereocenters. The molecule has 0 heterocycles. The molecule has 0 fully saturated rings. The Bertz CT molecular complexity index is 438. The number of ketones is 1. The fourth-order valence-electron chi connectivity index (χ4n) is 0.943. The molecule has 0 amide bonds. The lowest BCUT2D eigenvalue weighted by Gasteiger charge is -1.98. The highest BCUT2D eigenvalue weighted by atomic mass is 35.5. The number of carbonyl (C=O) groups excluding carboxylic acids is 2. The first-order valence-electron chi connectivity index (χ1n) is 3.91. The Balaban J connectivity index is 3.13. The minimum Gasteiger partial charge on any atom is -0.295 e. The average Bonchev–Trinajstić information content (AvgIpc) is 2.15. The van der Waals surface area contributed by atoms with E-state index in [0.717, 1.165) is 0 Å². The number of halogens is 1. The van der Waals surface area contributed by atoms with Crippen molar-refractivity contribution in [1.82, 2.24) is 0 Å². The molecule has 0 aliphatic carbocycles. The van der Waals surface area contributed by atoms with Crippen LogP contribution in [0.5, 0.6) is 0 Å². The van der Waals surface area contributed by atoms with Crippen LogP contribution in [-0.2, 0) is 4.79 Å². The van der Waals surface area contributed by atoms with Crippen LogP contribution in [-0.4, -0.2) is 12.1 Å². The first kappa shape index (κ1) is 10.5. The van der Waals surface area contributed by atoms with Crippen molar-refractivity contribution in [3.05, 3.63) is 34.3 Å². The van der Waals surface area contributed by atoms with Gasteiger partial charge in [0.25, 0.3) is 0 Å². The van der Waals surface area contributed by atoms with Gasteiger partial charge in [-0.15, -0.1) is 0 Å². The Morgan fingerprint density at radius 2 is 2.21 bits per heavy atom. The third-order valence-corrected chi connectivity index (χ3v) is 1.95. The van der Waals surface area contributed by atoms with Gasteiger partial charge >= 0.3 is 0 Å². The predicted molar refractivity (Wildman–Crippen MR) is 54.4 cm³/mol. The van der Waals surface area contributed by atoms with E-state index in [2.05, 4.69) is 11.8 Å². The van der Waals surface area contributed by atoms with Gasteiger partial charge in [-0.05, 0) is 25.0 Å². The van der Waals surface area contributed by atoms with Gasteiger partial charge in [0.2, 0.25) is 0 Å². The van der Waals surface area contributed by atoms with Crippen LogP contribution in [0.3, 0.4) is 0 Å². The molecule has 0 radical (unpaired) electrons. The highest BCUT2D eigenvalue weighted by Crippen LogP contribution is 2.17. The van der Waals surface area contributed by atoms with Gasteiger partial charge in [-0.1, -0.05) is 23.6 Å². The normalized spacial score (nSPS) is 8.71. The van der Waals surface area contributed by atoms with Crippen LogP contribution in [0.15, 0.2) is 18.2 Å². The fourth-order valence-corrected chi connectivity index (χ4v) is 1.17. The van der Waals surface area contributed by atoms with Crippen LogP contribution in [0.2, 0.25) is 5.02 Å². The molecule has 2 nitrogen and oxygen atoms in total. The summed E-state index contributed by atoms with van der Waals surface area (Å²) in [5, 5.41) is 0.382. The highest BCUT2D eigenvalue weighted by Gasteiger charge is 2.02. The summed E-state index contributed by atoms with van der Waals surface area (Å²) in [6.45, 7) is 1.46. The molecule has 0 bridgehead atoms. The van der Waals surface area contributed by atoms with E-state index >= 15 is 0 Å². The molecule has 0 atom stereocenters. The second-order valence-corrected chi connectivity index (χ2v) is 3.05. The maximum Gasteiger partial charge on any atom is 0.193 e. The van der Waals surface area contributed by atoms with Crippen molar-refractivity contribution in [2.75, 3.05) is 0 Å². The van der Waals surface area contributed by atoms with Gasteiger partial charge in [0, 0.05) is 11.1 Å². The van der Waals surface area contributed by atoms with Gasteiger partial charge < -0.3 is 0 Å². The van der Waals surface area contributed by atoms with Crippen molar-refractivity contribution in [2.24, 2.45) is 0 Å². The van der Waals surface area contributed by atoms with Crippen LogP contribution >= 0.6 is 11.6 Å². The Morgan fingerprint density at radius 3 is 2.71 bits per heavy atom. The number of rotatable bonds is 1. The van der Waals surface area contributed by atoms with E-state index in [-0.39, 0.29) is 5.78 Å².